The number of amides is 1. The van der Waals surface area contributed by atoms with Crippen molar-refractivity contribution in [1.82, 2.24) is 0 Å². The van der Waals surface area contributed by atoms with E-state index in [2.05, 4.69) is 5.32 Å². The number of Topliss-reactive ketones (excluding diaryl/α,β-unsaturated/α-hetero) is 1. The zero-order valence-corrected chi connectivity index (χ0v) is 15.1. The molecule has 1 heterocycles. The molecular formula is C19H16N2O7. The number of hydrogen-bond donors (Lipinski definition) is 1. The summed E-state index contributed by atoms with van der Waals surface area (Å²) < 4.78 is 15.9. The number of non-ortho nitro benzene ring substituents is 1. The highest BCUT2D eigenvalue weighted by Crippen LogP contribution is 2.42. The van der Waals surface area contributed by atoms with Gasteiger partial charge >= 0.3 is 0 Å². The molecule has 0 aliphatic carbocycles. The van der Waals surface area contributed by atoms with Gasteiger partial charge < -0.3 is 19.5 Å². The summed E-state index contributed by atoms with van der Waals surface area (Å²) in [5, 5.41) is 13.3. The van der Waals surface area contributed by atoms with E-state index in [0.717, 1.165) is 0 Å². The van der Waals surface area contributed by atoms with Gasteiger partial charge in [-0.1, -0.05) is 0 Å². The Morgan fingerprint density at radius 1 is 1.21 bits per heavy atom. The number of fused-ring (bicyclic) bond motifs is 1. The quantitative estimate of drug-likeness (QED) is 0.267. The normalized spacial score (nSPS) is 12.4. The van der Waals surface area contributed by atoms with Crippen LogP contribution in [-0.2, 0) is 9.59 Å². The highest BCUT2D eigenvalue weighted by molar-refractivity contribution is 6.25. The predicted octanol–water partition coefficient (Wildman–Crippen LogP) is 2.94. The number of carbonyl (C=O) groups excluding carboxylic acids is 2. The molecule has 28 heavy (non-hydrogen) atoms. The molecule has 3 rings (SSSR count). The third-order valence-electron chi connectivity index (χ3n) is 3.95. The van der Waals surface area contributed by atoms with Crippen molar-refractivity contribution < 1.29 is 28.7 Å². The standard InChI is InChI=1S/C19H16N2O7/c1-11(22)15(19(23)20-13-3-5-14(6-4-13)21(24)25)7-12-8-16(26-2)18-17(9-12)27-10-28-18/h3-9H,10H2,1-2H3,(H,20,23)/b15-7+. The van der Waals surface area contributed by atoms with E-state index >= 15 is 0 Å². The van der Waals surface area contributed by atoms with Gasteiger partial charge in [-0.3, -0.25) is 19.7 Å². The first-order chi connectivity index (χ1) is 13.4. The Morgan fingerprint density at radius 2 is 1.93 bits per heavy atom. The van der Waals surface area contributed by atoms with Gasteiger partial charge in [0.1, 0.15) is 0 Å². The van der Waals surface area contributed by atoms with Crippen LogP contribution >= 0.6 is 0 Å². The van der Waals surface area contributed by atoms with Crippen LogP contribution in [0.3, 0.4) is 0 Å². The average Bonchev–Trinajstić information content (AvgIpc) is 3.14. The van der Waals surface area contributed by atoms with Crippen molar-refractivity contribution in [3.8, 4) is 17.2 Å². The smallest absolute Gasteiger partial charge is 0.269 e. The maximum absolute atomic E-state index is 12.5. The van der Waals surface area contributed by atoms with E-state index in [1.165, 1.54) is 44.4 Å². The van der Waals surface area contributed by atoms with Gasteiger partial charge in [0.25, 0.3) is 11.6 Å². The van der Waals surface area contributed by atoms with E-state index < -0.39 is 16.6 Å². The summed E-state index contributed by atoms with van der Waals surface area (Å²) in [5.41, 5.74) is 0.642. The molecule has 1 aliphatic rings. The van der Waals surface area contributed by atoms with Crippen LogP contribution in [-0.4, -0.2) is 30.5 Å². The molecule has 1 aliphatic heterocycles. The Morgan fingerprint density at radius 3 is 2.54 bits per heavy atom. The number of rotatable bonds is 6. The number of hydrogen-bond acceptors (Lipinski definition) is 7. The van der Waals surface area contributed by atoms with Crippen molar-refractivity contribution in [3.63, 3.8) is 0 Å². The number of methoxy groups -OCH3 is 1. The van der Waals surface area contributed by atoms with Crippen molar-refractivity contribution >= 4 is 29.1 Å². The fourth-order valence-corrected chi connectivity index (χ4v) is 2.59. The number of anilines is 1. The van der Waals surface area contributed by atoms with Gasteiger partial charge in [-0.05, 0) is 42.8 Å². The molecule has 0 saturated heterocycles. The van der Waals surface area contributed by atoms with Gasteiger partial charge in [0.05, 0.1) is 17.6 Å². The molecule has 144 valence electrons. The minimum Gasteiger partial charge on any atom is -0.493 e. The number of ether oxygens (including phenoxy) is 3. The third kappa shape index (κ3) is 3.93. The first-order valence-corrected chi connectivity index (χ1v) is 8.15. The van der Waals surface area contributed by atoms with Crippen molar-refractivity contribution in [1.29, 1.82) is 0 Å². The minimum absolute atomic E-state index is 0.0546. The highest BCUT2D eigenvalue weighted by Gasteiger charge is 2.21. The number of benzene rings is 2. The minimum atomic E-state index is -0.641. The average molecular weight is 384 g/mol. The fraction of sp³-hybridized carbons (Fsp3) is 0.158. The maximum Gasteiger partial charge on any atom is 0.269 e. The van der Waals surface area contributed by atoms with Crippen LogP contribution in [0.15, 0.2) is 42.0 Å². The molecule has 0 atom stereocenters. The summed E-state index contributed by atoms with van der Waals surface area (Å²) in [5.74, 6) is 0.234. The topological polar surface area (TPSA) is 117 Å². The molecule has 0 spiro atoms. The van der Waals surface area contributed by atoms with E-state index in [-0.39, 0.29) is 18.1 Å². The molecule has 0 aromatic heterocycles. The maximum atomic E-state index is 12.5. The van der Waals surface area contributed by atoms with Gasteiger partial charge in [0.15, 0.2) is 17.3 Å². The van der Waals surface area contributed by atoms with Crippen molar-refractivity contribution in [3.05, 3.63) is 57.6 Å². The van der Waals surface area contributed by atoms with Crippen LogP contribution in [0.25, 0.3) is 6.08 Å². The number of carbonyl (C=O) groups is 2. The van der Waals surface area contributed by atoms with Crippen molar-refractivity contribution in [2.75, 3.05) is 19.2 Å². The third-order valence-corrected chi connectivity index (χ3v) is 3.95. The van der Waals surface area contributed by atoms with Gasteiger partial charge in [-0.25, -0.2) is 0 Å². The van der Waals surface area contributed by atoms with Crippen LogP contribution in [0, 0.1) is 10.1 Å². The summed E-state index contributed by atoms with van der Waals surface area (Å²) in [4.78, 5) is 34.7. The predicted molar refractivity (Wildman–Crippen MR) is 99.5 cm³/mol. The van der Waals surface area contributed by atoms with Crippen LogP contribution in [0.4, 0.5) is 11.4 Å². The van der Waals surface area contributed by atoms with Crippen LogP contribution < -0.4 is 19.5 Å². The van der Waals surface area contributed by atoms with Crippen LogP contribution in [0.5, 0.6) is 17.2 Å². The molecule has 9 heteroatoms. The van der Waals surface area contributed by atoms with Gasteiger partial charge in [0.2, 0.25) is 12.5 Å². The molecule has 2 aromatic carbocycles. The van der Waals surface area contributed by atoms with E-state index in [9.17, 15) is 19.7 Å². The highest BCUT2D eigenvalue weighted by atomic mass is 16.7. The van der Waals surface area contributed by atoms with Gasteiger partial charge in [-0.2, -0.15) is 0 Å². The fourth-order valence-electron chi connectivity index (χ4n) is 2.59. The molecule has 0 bridgehead atoms. The Bertz CT molecular complexity index is 981. The summed E-state index contributed by atoms with van der Waals surface area (Å²) in [6.45, 7) is 1.32. The largest absolute Gasteiger partial charge is 0.493 e. The first kappa shape index (κ1) is 18.9. The molecule has 9 nitrogen and oxygen atoms in total. The molecule has 1 amide bonds. The van der Waals surface area contributed by atoms with Crippen molar-refractivity contribution in [2.24, 2.45) is 0 Å². The lowest BCUT2D eigenvalue weighted by Gasteiger charge is -2.09. The lowest BCUT2D eigenvalue weighted by atomic mass is 10.1. The Labute approximate surface area is 159 Å². The molecule has 0 saturated carbocycles. The summed E-state index contributed by atoms with van der Waals surface area (Å²) >= 11 is 0. The monoisotopic (exact) mass is 384 g/mol. The molecule has 0 radical (unpaired) electrons. The number of nitrogens with one attached hydrogen (secondary N) is 1. The number of nitrogens with zero attached hydrogens (tertiary/aromatic N) is 1. The summed E-state index contributed by atoms with van der Waals surface area (Å²) in [6.07, 6.45) is 1.41. The summed E-state index contributed by atoms with van der Waals surface area (Å²) in [7, 11) is 1.47. The second kappa shape index (κ2) is 7.78. The zero-order chi connectivity index (χ0) is 20.3. The number of nitro groups is 1. The lowest BCUT2D eigenvalue weighted by Crippen LogP contribution is -2.18. The summed E-state index contributed by atoms with van der Waals surface area (Å²) in [6, 6.07) is 8.54. The lowest BCUT2D eigenvalue weighted by molar-refractivity contribution is -0.384. The van der Waals surface area contributed by atoms with E-state index in [1.807, 2.05) is 0 Å². The van der Waals surface area contributed by atoms with Crippen molar-refractivity contribution in [2.45, 2.75) is 6.92 Å². The second-order valence-electron chi connectivity index (χ2n) is 5.83. The van der Waals surface area contributed by atoms with Gasteiger partial charge in [0, 0.05) is 17.8 Å². The Kier molecular flexibility index (Phi) is 5.25. The van der Waals surface area contributed by atoms with Gasteiger partial charge in [-0.15, -0.1) is 0 Å². The Hall–Kier alpha value is -3.88. The molecular weight excluding hydrogens is 368 g/mol. The zero-order valence-electron chi connectivity index (χ0n) is 15.1. The van der Waals surface area contributed by atoms with Crippen LogP contribution in [0.2, 0.25) is 0 Å². The first-order valence-electron chi connectivity index (χ1n) is 8.15. The van der Waals surface area contributed by atoms with E-state index in [4.69, 9.17) is 14.2 Å². The van der Waals surface area contributed by atoms with E-state index in [1.54, 1.807) is 12.1 Å². The molecule has 0 unspecified atom stereocenters. The Balaban J connectivity index is 1.88. The molecule has 2 aromatic rings. The SMILES string of the molecule is COc1cc(/C=C(\C(C)=O)C(=O)Nc2ccc([N+](=O)[O-])cc2)cc2c1OCO2. The number of nitro benzene ring substituents is 1. The van der Waals surface area contributed by atoms with Crippen LogP contribution in [0.1, 0.15) is 12.5 Å². The number of ketones is 1. The second-order valence-corrected chi connectivity index (χ2v) is 5.83. The van der Waals surface area contributed by atoms with E-state index in [0.29, 0.717) is 28.5 Å². The molecule has 1 N–H and O–H groups in total. The molecule has 0 fully saturated rings.